The zero-order valence-electron chi connectivity index (χ0n) is 13.6. The van der Waals surface area contributed by atoms with Gasteiger partial charge in [0, 0.05) is 24.7 Å². The van der Waals surface area contributed by atoms with Crippen LogP contribution >= 0.6 is 0 Å². The topological polar surface area (TPSA) is 59.5 Å². The number of pyridine rings is 1. The highest BCUT2D eigenvalue weighted by molar-refractivity contribution is 7.91. The second-order valence-corrected chi connectivity index (χ2v) is 7.82. The maximum Gasteiger partial charge on any atom is 0.210 e. The summed E-state index contributed by atoms with van der Waals surface area (Å²) in [6, 6.07) is 16.2. The number of fused-ring (bicyclic) bond motifs is 1. The van der Waals surface area contributed by atoms with Gasteiger partial charge in [-0.2, -0.15) is 0 Å². The smallest absolute Gasteiger partial charge is 0.210 e. The molecule has 0 atom stereocenters. The first kappa shape index (κ1) is 16.1. The van der Waals surface area contributed by atoms with Gasteiger partial charge in [-0.15, -0.1) is 0 Å². The Morgan fingerprint density at radius 3 is 2.36 bits per heavy atom. The van der Waals surface area contributed by atoms with Gasteiger partial charge in [0.05, 0.1) is 29.3 Å². The van der Waals surface area contributed by atoms with Crippen molar-refractivity contribution in [3.63, 3.8) is 0 Å². The van der Waals surface area contributed by atoms with Gasteiger partial charge in [0.2, 0.25) is 9.84 Å². The third kappa shape index (κ3) is 2.88. The second kappa shape index (κ2) is 6.46. The molecule has 1 fully saturated rings. The van der Waals surface area contributed by atoms with E-state index >= 15 is 0 Å². The van der Waals surface area contributed by atoms with Crippen LogP contribution in [0.25, 0.3) is 10.9 Å². The summed E-state index contributed by atoms with van der Waals surface area (Å²) in [5.74, 6) is 0. The van der Waals surface area contributed by atoms with Gasteiger partial charge in [-0.25, -0.2) is 8.42 Å². The van der Waals surface area contributed by atoms with E-state index in [-0.39, 0.29) is 9.79 Å². The van der Waals surface area contributed by atoms with E-state index in [0.717, 1.165) is 16.6 Å². The van der Waals surface area contributed by atoms with E-state index in [0.29, 0.717) is 26.3 Å². The summed E-state index contributed by atoms with van der Waals surface area (Å²) in [6.45, 7) is 2.49. The van der Waals surface area contributed by atoms with Crippen LogP contribution in [-0.4, -0.2) is 39.7 Å². The number of ether oxygens (including phenoxy) is 1. The molecule has 2 aromatic carbocycles. The van der Waals surface area contributed by atoms with Crippen LogP contribution in [-0.2, 0) is 14.6 Å². The van der Waals surface area contributed by atoms with Crippen LogP contribution in [0.4, 0.5) is 5.69 Å². The lowest BCUT2D eigenvalue weighted by Gasteiger charge is -2.31. The van der Waals surface area contributed by atoms with Crippen LogP contribution in [0.3, 0.4) is 0 Å². The third-order valence-electron chi connectivity index (χ3n) is 4.38. The molecule has 0 N–H and O–H groups in total. The fourth-order valence-electron chi connectivity index (χ4n) is 3.14. The molecule has 5 nitrogen and oxygen atoms in total. The minimum Gasteiger partial charge on any atom is -0.378 e. The standard InChI is InChI=1S/C19H18N2O3S/c22-25(23,15-6-2-1-3-7-15)18-14-20-17-9-5-4-8-16(17)19(18)21-10-12-24-13-11-21/h1-9,14H,10-13H2. The van der Waals surface area contributed by atoms with Crippen molar-refractivity contribution in [3.05, 3.63) is 60.8 Å². The van der Waals surface area contributed by atoms with E-state index in [4.69, 9.17) is 4.74 Å². The van der Waals surface area contributed by atoms with Crippen LogP contribution in [0.1, 0.15) is 0 Å². The van der Waals surface area contributed by atoms with Gasteiger partial charge in [-0.1, -0.05) is 36.4 Å². The summed E-state index contributed by atoms with van der Waals surface area (Å²) >= 11 is 0. The zero-order chi connectivity index (χ0) is 17.3. The third-order valence-corrected chi connectivity index (χ3v) is 6.15. The van der Waals surface area contributed by atoms with E-state index in [9.17, 15) is 8.42 Å². The maximum absolute atomic E-state index is 13.2. The first-order valence-electron chi connectivity index (χ1n) is 8.18. The first-order chi connectivity index (χ1) is 12.2. The molecule has 4 rings (SSSR count). The molecule has 6 heteroatoms. The fraction of sp³-hybridized carbons (Fsp3) is 0.211. The molecule has 3 aromatic rings. The summed E-state index contributed by atoms with van der Waals surface area (Å²) in [4.78, 5) is 7.01. The van der Waals surface area contributed by atoms with E-state index in [1.165, 1.54) is 6.20 Å². The molecule has 1 saturated heterocycles. The van der Waals surface area contributed by atoms with E-state index in [1.54, 1.807) is 30.3 Å². The Kier molecular flexibility index (Phi) is 4.15. The fourth-order valence-corrected chi connectivity index (χ4v) is 4.60. The average Bonchev–Trinajstić information content (AvgIpc) is 2.68. The summed E-state index contributed by atoms with van der Waals surface area (Å²) in [5.41, 5.74) is 1.51. The Morgan fingerprint density at radius 1 is 0.920 bits per heavy atom. The summed E-state index contributed by atoms with van der Waals surface area (Å²) in [5, 5.41) is 0.849. The molecule has 0 unspecified atom stereocenters. The highest BCUT2D eigenvalue weighted by Gasteiger charge is 2.27. The predicted molar refractivity (Wildman–Crippen MR) is 96.7 cm³/mol. The lowest BCUT2D eigenvalue weighted by Crippen LogP contribution is -2.37. The highest BCUT2D eigenvalue weighted by atomic mass is 32.2. The Bertz CT molecular complexity index is 998. The van der Waals surface area contributed by atoms with Crippen molar-refractivity contribution in [1.29, 1.82) is 0 Å². The summed E-state index contributed by atoms with van der Waals surface area (Å²) in [7, 11) is -3.66. The number of anilines is 1. The number of hydrogen-bond donors (Lipinski definition) is 0. The van der Waals surface area contributed by atoms with Crippen LogP contribution < -0.4 is 4.90 Å². The normalized spacial score (nSPS) is 15.4. The van der Waals surface area contributed by atoms with Gasteiger partial charge in [-0.3, -0.25) is 4.98 Å². The number of benzene rings is 2. The Labute approximate surface area is 146 Å². The SMILES string of the molecule is O=S(=O)(c1ccccc1)c1cnc2ccccc2c1N1CCOCC1. The van der Waals surface area contributed by atoms with Gasteiger partial charge < -0.3 is 9.64 Å². The molecule has 1 aromatic heterocycles. The van der Waals surface area contributed by atoms with Gasteiger partial charge in [-0.05, 0) is 18.2 Å². The van der Waals surface area contributed by atoms with Crippen molar-refractivity contribution in [2.75, 3.05) is 31.2 Å². The van der Waals surface area contributed by atoms with E-state index in [2.05, 4.69) is 9.88 Å². The maximum atomic E-state index is 13.2. The highest BCUT2D eigenvalue weighted by Crippen LogP contribution is 2.35. The van der Waals surface area contributed by atoms with Gasteiger partial charge in [0.15, 0.2) is 0 Å². The summed E-state index contributed by atoms with van der Waals surface area (Å²) < 4.78 is 31.9. The molecule has 2 heterocycles. The molecular formula is C19H18N2O3S. The molecule has 25 heavy (non-hydrogen) atoms. The Hall–Kier alpha value is -2.44. The molecule has 0 saturated carbocycles. The largest absolute Gasteiger partial charge is 0.378 e. The minimum atomic E-state index is -3.66. The van der Waals surface area contributed by atoms with Gasteiger partial charge in [0.25, 0.3) is 0 Å². The van der Waals surface area contributed by atoms with Crippen LogP contribution in [0.5, 0.6) is 0 Å². The number of hydrogen-bond acceptors (Lipinski definition) is 5. The van der Waals surface area contributed by atoms with Crippen LogP contribution in [0.15, 0.2) is 70.6 Å². The van der Waals surface area contributed by atoms with Gasteiger partial charge in [0.1, 0.15) is 4.90 Å². The van der Waals surface area contributed by atoms with Crippen LogP contribution in [0.2, 0.25) is 0 Å². The second-order valence-electron chi connectivity index (χ2n) is 5.90. The minimum absolute atomic E-state index is 0.249. The Morgan fingerprint density at radius 2 is 1.60 bits per heavy atom. The molecular weight excluding hydrogens is 336 g/mol. The molecule has 0 bridgehead atoms. The lowest BCUT2D eigenvalue weighted by atomic mass is 10.1. The van der Waals surface area contributed by atoms with Crippen molar-refractivity contribution < 1.29 is 13.2 Å². The van der Waals surface area contributed by atoms with Crippen LogP contribution in [0, 0.1) is 0 Å². The first-order valence-corrected chi connectivity index (χ1v) is 9.67. The Balaban J connectivity index is 1.97. The number of aromatic nitrogens is 1. The van der Waals surface area contributed by atoms with E-state index in [1.807, 2.05) is 24.3 Å². The molecule has 128 valence electrons. The average molecular weight is 354 g/mol. The lowest BCUT2D eigenvalue weighted by molar-refractivity contribution is 0.122. The van der Waals surface area contributed by atoms with E-state index < -0.39 is 9.84 Å². The molecule has 1 aliphatic rings. The van der Waals surface area contributed by atoms with Crippen molar-refractivity contribution in [2.45, 2.75) is 9.79 Å². The predicted octanol–water partition coefficient (Wildman–Crippen LogP) is 2.90. The number of sulfone groups is 1. The molecule has 0 radical (unpaired) electrons. The number of nitrogens with zero attached hydrogens (tertiary/aromatic N) is 2. The molecule has 1 aliphatic heterocycles. The molecule has 0 aliphatic carbocycles. The quantitative estimate of drug-likeness (QED) is 0.724. The molecule has 0 spiro atoms. The van der Waals surface area contributed by atoms with Crippen molar-refractivity contribution in [3.8, 4) is 0 Å². The molecule has 0 amide bonds. The van der Waals surface area contributed by atoms with Crippen molar-refractivity contribution in [1.82, 2.24) is 4.98 Å². The summed E-state index contributed by atoms with van der Waals surface area (Å²) in [6.07, 6.45) is 1.48. The van der Waals surface area contributed by atoms with Crippen molar-refractivity contribution in [2.24, 2.45) is 0 Å². The van der Waals surface area contributed by atoms with Crippen molar-refractivity contribution >= 4 is 26.4 Å². The zero-order valence-corrected chi connectivity index (χ0v) is 14.4. The number of morpholine rings is 1. The monoisotopic (exact) mass is 354 g/mol. The van der Waals surface area contributed by atoms with Gasteiger partial charge >= 0.3 is 0 Å². The number of para-hydroxylation sites is 1. The number of rotatable bonds is 3.